The molecule has 2 atom stereocenters. The van der Waals surface area contributed by atoms with Crippen molar-refractivity contribution in [3.8, 4) is 18.4 Å². The third kappa shape index (κ3) is 4.53. The van der Waals surface area contributed by atoms with Crippen molar-refractivity contribution in [2.24, 2.45) is 21.1 Å². The van der Waals surface area contributed by atoms with Gasteiger partial charge in [-0.3, -0.25) is 0 Å². The van der Waals surface area contributed by atoms with Crippen LogP contribution in [0.25, 0.3) is 0 Å². The van der Waals surface area contributed by atoms with Gasteiger partial charge < -0.3 is 13.7 Å². The molecule has 0 N–H and O–H groups in total. The highest BCUT2D eigenvalue weighted by Gasteiger charge is 2.43. The van der Waals surface area contributed by atoms with Gasteiger partial charge in [0.1, 0.15) is 6.07 Å². The molecule has 0 saturated carbocycles. The summed E-state index contributed by atoms with van der Waals surface area (Å²) < 4.78 is 51.0. The van der Waals surface area contributed by atoms with Crippen LogP contribution in [0.5, 0.6) is 0 Å². The molecule has 3 aromatic rings. The molecule has 3 aliphatic carbocycles. The van der Waals surface area contributed by atoms with Crippen molar-refractivity contribution in [1.29, 1.82) is 5.26 Å². The lowest BCUT2D eigenvalue weighted by atomic mass is 9.89. The van der Waals surface area contributed by atoms with Crippen LogP contribution in [0.4, 0.5) is 13.2 Å². The second-order valence-corrected chi connectivity index (χ2v) is 12.4. The average Bonchev–Trinajstić information content (AvgIpc) is 3.23. The van der Waals surface area contributed by atoms with Gasteiger partial charge in [0.15, 0.2) is 0 Å². The zero-order valence-corrected chi connectivity index (χ0v) is 24.4. The smallest absolute Gasteiger partial charge is 0.353 e. The molecular formula is C34H39F3N4. The summed E-state index contributed by atoms with van der Waals surface area (Å²) in [4.78, 5) is 0. The Morgan fingerprint density at radius 2 is 1.34 bits per heavy atom. The van der Waals surface area contributed by atoms with Gasteiger partial charge in [0.25, 0.3) is 0 Å². The van der Waals surface area contributed by atoms with Gasteiger partial charge in [-0.05, 0) is 93.7 Å². The predicted octanol–water partition coefficient (Wildman–Crippen LogP) is 7.17. The Labute approximate surface area is 241 Å². The van der Waals surface area contributed by atoms with Crippen LogP contribution in [-0.2, 0) is 65.8 Å². The molecule has 0 spiro atoms. The molecule has 7 heteroatoms. The molecule has 6 rings (SSSR count). The number of nitrogens with zero attached hydrogens (tertiary/aromatic N) is 4. The van der Waals surface area contributed by atoms with Crippen molar-refractivity contribution >= 4 is 0 Å². The van der Waals surface area contributed by atoms with E-state index in [9.17, 15) is 18.4 Å². The minimum Gasteiger partial charge on any atom is -0.353 e. The van der Waals surface area contributed by atoms with Crippen molar-refractivity contribution in [2.45, 2.75) is 101 Å². The highest BCUT2D eigenvalue weighted by molar-refractivity contribution is 5.51. The molecule has 3 heterocycles. The first-order valence-corrected chi connectivity index (χ1v) is 15.2. The van der Waals surface area contributed by atoms with Crippen LogP contribution in [0.2, 0.25) is 0 Å². The van der Waals surface area contributed by atoms with Crippen LogP contribution in [0, 0.1) is 23.7 Å². The molecule has 4 nitrogen and oxygen atoms in total. The van der Waals surface area contributed by atoms with E-state index in [0.717, 1.165) is 72.3 Å². The van der Waals surface area contributed by atoms with Gasteiger partial charge in [-0.25, -0.2) is 0 Å². The summed E-state index contributed by atoms with van der Waals surface area (Å²) in [6.45, 7) is 0. The number of hydrogen-bond donors (Lipinski definition) is 0. The fraction of sp³-hybridized carbons (Fsp3) is 0.559. The van der Waals surface area contributed by atoms with Gasteiger partial charge in [-0.2, -0.15) is 18.4 Å². The molecule has 3 aromatic heterocycles. The number of aryl methyl sites for hydroxylation is 1. The molecule has 2 unspecified atom stereocenters. The van der Waals surface area contributed by atoms with E-state index in [1.807, 2.05) is 24.9 Å². The molecule has 41 heavy (non-hydrogen) atoms. The summed E-state index contributed by atoms with van der Waals surface area (Å²) in [6.07, 6.45) is 13.7. The van der Waals surface area contributed by atoms with Crippen molar-refractivity contribution in [3.63, 3.8) is 0 Å². The van der Waals surface area contributed by atoms with Gasteiger partial charge in [0, 0.05) is 73.2 Å². The van der Waals surface area contributed by atoms with Crippen LogP contribution in [0.3, 0.4) is 0 Å². The summed E-state index contributed by atoms with van der Waals surface area (Å²) in [6, 6.07) is 2.51. The fourth-order valence-electron chi connectivity index (χ4n) is 8.52. The number of nitriles is 1. The minimum absolute atomic E-state index is 0.0769. The number of halogens is 3. The Balaban J connectivity index is 1.34. The minimum atomic E-state index is -4.41. The summed E-state index contributed by atoms with van der Waals surface area (Å²) in [5, 5.41) is 10.2. The molecule has 0 aliphatic heterocycles. The van der Waals surface area contributed by atoms with E-state index >= 15 is 0 Å². The van der Waals surface area contributed by atoms with Gasteiger partial charge in [0.2, 0.25) is 0 Å². The topological polar surface area (TPSA) is 38.6 Å². The second kappa shape index (κ2) is 10.5. The quantitative estimate of drug-likeness (QED) is 0.242. The third-order valence-electron chi connectivity index (χ3n) is 10.4. The van der Waals surface area contributed by atoms with E-state index in [2.05, 4.69) is 28.2 Å². The predicted molar refractivity (Wildman–Crippen MR) is 154 cm³/mol. The van der Waals surface area contributed by atoms with E-state index in [0.29, 0.717) is 49.8 Å². The van der Waals surface area contributed by atoms with E-state index in [4.69, 9.17) is 6.42 Å². The summed E-state index contributed by atoms with van der Waals surface area (Å²) >= 11 is 0. The van der Waals surface area contributed by atoms with E-state index in [1.165, 1.54) is 17.7 Å². The Hall–Kier alpha value is -3.32. The van der Waals surface area contributed by atoms with Crippen molar-refractivity contribution in [1.82, 2.24) is 13.7 Å². The number of alkyl halides is 3. The van der Waals surface area contributed by atoms with Crippen LogP contribution in [0.1, 0.15) is 119 Å². The fourth-order valence-corrected chi connectivity index (χ4v) is 8.52. The van der Waals surface area contributed by atoms with Crippen LogP contribution in [0.15, 0.2) is 6.20 Å². The van der Waals surface area contributed by atoms with Gasteiger partial charge in [-0.15, -0.1) is 6.42 Å². The van der Waals surface area contributed by atoms with Crippen molar-refractivity contribution in [3.05, 3.63) is 68.0 Å². The SMILES string of the molecule is C#Cc1cn(C)c2c1CCC(c1c(C(F)(F)F)c3c(n1C)CCC(c1c(C#N)c4c(n1C)CCCCC4)CC3)CC2. The van der Waals surface area contributed by atoms with E-state index in [1.54, 1.807) is 0 Å². The van der Waals surface area contributed by atoms with Gasteiger partial charge in [-0.1, -0.05) is 12.3 Å². The zero-order valence-electron chi connectivity index (χ0n) is 24.4. The maximum Gasteiger partial charge on any atom is 0.418 e. The second-order valence-electron chi connectivity index (χ2n) is 12.4. The molecule has 0 aromatic carbocycles. The Kier molecular flexibility index (Phi) is 7.13. The van der Waals surface area contributed by atoms with E-state index in [-0.39, 0.29) is 11.8 Å². The zero-order chi connectivity index (χ0) is 29.1. The summed E-state index contributed by atoms with van der Waals surface area (Å²) in [5.41, 5.74) is 8.80. The monoisotopic (exact) mass is 560 g/mol. The first-order valence-electron chi connectivity index (χ1n) is 15.2. The van der Waals surface area contributed by atoms with Crippen LogP contribution < -0.4 is 0 Å². The first-order chi connectivity index (χ1) is 19.7. The molecular weight excluding hydrogens is 521 g/mol. The molecule has 3 aliphatic rings. The highest BCUT2D eigenvalue weighted by Crippen LogP contribution is 2.47. The van der Waals surface area contributed by atoms with Crippen molar-refractivity contribution in [2.75, 3.05) is 0 Å². The number of terminal acetylenes is 1. The molecule has 0 amide bonds. The summed E-state index contributed by atoms with van der Waals surface area (Å²) in [7, 11) is 5.89. The molecule has 0 bridgehead atoms. The normalized spacial score (nSPS) is 21.1. The Bertz CT molecular complexity index is 1580. The van der Waals surface area contributed by atoms with Crippen molar-refractivity contribution < 1.29 is 13.2 Å². The molecule has 216 valence electrons. The molecule has 0 radical (unpaired) electrons. The van der Waals surface area contributed by atoms with Crippen LogP contribution >= 0.6 is 0 Å². The number of hydrogen-bond acceptors (Lipinski definition) is 1. The average molecular weight is 561 g/mol. The third-order valence-corrected chi connectivity index (χ3v) is 10.4. The lowest BCUT2D eigenvalue weighted by Gasteiger charge is -2.22. The maximum absolute atomic E-state index is 14.9. The number of aromatic nitrogens is 3. The standard InChI is InChI=1S/C34H39F3N4/c1-5-21-20-39(2)28-17-13-23(11-15-24(21)28)33-31(34(35,36)37)26-16-12-22(14-18-30(26)41(33)4)32-27(19-38)25-9-7-6-8-10-29(25)40(32)3/h1,20,22-23H,6-18H2,2-4H3. The molecule has 0 saturated heterocycles. The Morgan fingerprint density at radius 1 is 0.756 bits per heavy atom. The van der Waals surface area contributed by atoms with Crippen LogP contribution in [-0.4, -0.2) is 13.7 Å². The van der Waals surface area contributed by atoms with Gasteiger partial charge in [0.05, 0.1) is 11.1 Å². The number of rotatable bonds is 2. The highest BCUT2D eigenvalue weighted by atomic mass is 19.4. The number of fused-ring (bicyclic) bond motifs is 3. The summed E-state index contributed by atoms with van der Waals surface area (Å²) in [5.74, 6) is 2.67. The largest absolute Gasteiger partial charge is 0.418 e. The lowest BCUT2D eigenvalue weighted by molar-refractivity contribution is -0.139. The Morgan fingerprint density at radius 3 is 2.02 bits per heavy atom. The maximum atomic E-state index is 14.9. The van der Waals surface area contributed by atoms with Gasteiger partial charge >= 0.3 is 6.18 Å². The molecule has 0 fully saturated rings. The van der Waals surface area contributed by atoms with E-state index < -0.39 is 11.7 Å². The lowest BCUT2D eigenvalue weighted by Crippen LogP contribution is -2.16. The first kappa shape index (κ1) is 27.8.